The fraction of sp³-hybridized carbons (Fsp3) is 0.586. The standard InChI is InChI=1S/C29H47N5O4/c1-7-8-12-15-29(6,28(38)32-24(26(30)36)18-22-13-10-9-11-14-22)34-33-25(17-21(4)5)27(37)31-23(19-35)16-20(2)3/h7,9-11,13-14,19-21,23-25,33-34H,1,8,12,15-18H2,2-6H3,(H2,30,36)(H,31,37)(H,32,38)/t23-,24-,25-,29-/m0/s1. The lowest BCUT2D eigenvalue weighted by atomic mass is 9.93. The molecule has 0 saturated carbocycles. The lowest BCUT2D eigenvalue weighted by Gasteiger charge is -2.34. The van der Waals surface area contributed by atoms with Crippen molar-refractivity contribution in [2.45, 2.75) is 96.8 Å². The van der Waals surface area contributed by atoms with Gasteiger partial charge in [-0.25, -0.2) is 10.9 Å². The third kappa shape index (κ3) is 12.0. The summed E-state index contributed by atoms with van der Waals surface area (Å²) >= 11 is 0. The Bertz CT molecular complexity index is 905. The molecule has 0 aliphatic rings. The van der Waals surface area contributed by atoms with Gasteiger partial charge in [0, 0.05) is 6.42 Å². The van der Waals surface area contributed by atoms with Gasteiger partial charge in [0.15, 0.2) is 0 Å². The number of hydrazine groups is 1. The Labute approximate surface area is 227 Å². The highest BCUT2D eigenvalue weighted by Crippen LogP contribution is 2.16. The van der Waals surface area contributed by atoms with E-state index in [9.17, 15) is 19.2 Å². The molecule has 0 bridgehead atoms. The van der Waals surface area contributed by atoms with Crippen molar-refractivity contribution in [1.82, 2.24) is 21.5 Å². The molecule has 0 spiro atoms. The molecule has 38 heavy (non-hydrogen) atoms. The number of primary amides is 1. The number of aldehydes is 1. The Kier molecular flexibility index (Phi) is 14.5. The molecule has 0 aliphatic carbocycles. The van der Waals surface area contributed by atoms with Gasteiger partial charge in [0.2, 0.25) is 17.7 Å². The summed E-state index contributed by atoms with van der Waals surface area (Å²) < 4.78 is 0. The van der Waals surface area contributed by atoms with Crippen molar-refractivity contribution in [2.75, 3.05) is 0 Å². The number of unbranched alkanes of at least 4 members (excludes halogenated alkanes) is 1. The van der Waals surface area contributed by atoms with E-state index < -0.39 is 35.5 Å². The zero-order chi connectivity index (χ0) is 28.7. The maximum atomic E-state index is 13.5. The fourth-order valence-corrected chi connectivity index (χ4v) is 4.11. The number of carbonyl (C=O) groups excluding carboxylic acids is 4. The molecule has 0 aliphatic heterocycles. The van der Waals surface area contributed by atoms with Crippen molar-refractivity contribution in [3.05, 3.63) is 48.6 Å². The Hall–Kier alpha value is -3.04. The summed E-state index contributed by atoms with van der Waals surface area (Å²) in [6, 6.07) is 7.15. The second kappa shape index (κ2) is 16.7. The number of carbonyl (C=O) groups is 4. The van der Waals surface area contributed by atoms with Gasteiger partial charge >= 0.3 is 0 Å². The maximum absolute atomic E-state index is 13.5. The lowest BCUT2D eigenvalue weighted by molar-refractivity contribution is -0.133. The van der Waals surface area contributed by atoms with Gasteiger partial charge in [-0.05, 0) is 56.4 Å². The maximum Gasteiger partial charge on any atom is 0.241 e. The van der Waals surface area contributed by atoms with Gasteiger partial charge in [-0.1, -0.05) is 64.1 Å². The Balaban J connectivity index is 3.07. The molecule has 6 N–H and O–H groups in total. The van der Waals surface area contributed by atoms with Crippen LogP contribution in [0.1, 0.15) is 72.3 Å². The van der Waals surface area contributed by atoms with E-state index >= 15 is 0 Å². The molecule has 212 valence electrons. The minimum absolute atomic E-state index is 0.172. The average molecular weight is 530 g/mol. The predicted octanol–water partition coefficient (Wildman–Crippen LogP) is 2.55. The highest BCUT2D eigenvalue weighted by Gasteiger charge is 2.36. The zero-order valence-corrected chi connectivity index (χ0v) is 23.6. The SMILES string of the molecule is C=CCCC[C@](C)(NN[C@@H](CC(C)C)C(=O)N[C@H](C=O)CC(C)C)C(=O)N[C@@H](Cc1ccccc1)C(N)=O. The van der Waals surface area contributed by atoms with E-state index in [1.165, 1.54) is 0 Å². The molecule has 0 heterocycles. The molecule has 4 atom stereocenters. The molecule has 0 radical (unpaired) electrons. The number of rotatable bonds is 19. The number of nitrogens with one attached hydrogen (secondary N) is 4. The third-order valence-electron chi connectivity index (χ3n) is 6.28. The van der Waals surface area contributed by atoms with Crippen LogP contribution in [0.4, 0.5) is 0 Å². The first-order valence-corrected chi connectivity index (χ1v) is 13.4. The van der Waals surface area contributed by atoms with E-state index in [1.54, 1.807) is 13.0 Å². The third-order valence-corrected chi connectivity index (χ3v) is 6.28. The lowest BCUT2D eigenvalue weighted by Crippen LogP contribution is -2.65. The molecular formula is C29H47N5O4. The Morgan fingerprint density at radius 2 is 1.63 bits per heavy atom. The number of amides is 3. The van der Waals surface area contributed by atoms with Crippen molar-refractivity contribution in [1.29, 1.82) is 0 Å². The van der Waals surface area contributed by atoms with Crippen LogP contribution in [0.15, 0.2) is 43.0 Å². The second-order valence-electron chi connectivity index (χ2n) is 11.0. The quantitative estimate of drug-likeness (QED) is 0.0807. The second-order valence-corrected chi connectivity index (χ2v) is 11.0. The van der Waals surface area contributed by atoms with E-state index in [0.29, 0.717) is 32.1 Å². The van der Waals surface area contributed by atoms with Gasteiger partial charge in [0.05, 0.1) is 6.04 Å². The normalized spacial score (nSPS) is 15.2. The summed E-state index contributed by atoms with van der Waals surface area (Å²) in [6.45, 7) is 13.4. The van der Waals surface area contributed by atoms with Gasteiger partial charge in [0.1, 0.15) is 23.9 Å². The van der Waals surface area contributed by atoms with Gasteiger partial charge in [-0.15, -0.1) is 6.58 Å². The molecule has 0 saturated heterocycles. The number of hydrogen-bond acceptors (Lipinski definition) is 6. The van der Waals surface area contributed by atoms with Crippen LogP contribution in [0.25, 0.3) is 0 Å². The summed E-state index contributed by atoms with van der Waals surface area (Å²) in [5.41, 5.74) is 11.5. The van der Waals surface area contributed by atoms with Crippen LogP contribution in [0.3, 0.4) is 0 Å². The molecule has 0 fully saturated rings. The van der Waals surface area contributed by atoms with Crippen molar-refractivity contribution < 1.29 is 19.2 Å². The molecule has 3 amide bonds. The minimum atomic E-state index is -1.16. The minimum Gasteiger partial charge on any atom is -0.368 e. The number of hydrogen-bond donors (Lipinski definition) is 5. The molecule has 0 aromatic heterocycles. The smallest absolute Gasteiger partial charge is 0.241 e. The molecule has 9 nitrogen and oxygen atoms in total. The van der Waals surface area contributed by atoms with Gasteiger partial charge in [-0.2, -0.15) is 0 Å². The largest absolute Gasteiger partial charge is 0.368 e. The van der Waals surface area contributed by atoms with Gasteiger partial charge in [-0.3, -0.25) is 14.4 Å². The molecule has 1 rings (SSSR count). The van der Waals surface area contributed by atoms with Crippen molar-refractivity contribution in [3.8, 4) is 0 Å². The summed E-state index contributed by atoms with van der Waals surface area (Å²) in [6.07, 6.45) is 5.57. The number of benzene rings is 1. The summed E-state index contributed by atoms with van der Waals surface area (Å²) in [7, 11) is 0. The van der Waals surface area contributed by atoms with Crippen LogP contribution in [-0.4, -0.2) is 47.7 Å². The first-order valence-electron chi connectivity index (χ1n) is 13.4. The summed E-state index contributed by atoms with van der Waals surface area (Å²) in [5, 5.41) is 5.61. The van der Waals surface area contributed by atoms with Crippen LogP contribution in [0.2, 0.25) is 0 Å². The van der Waals surface area contributed by atoms with Crippen molar-refractivity contribution in [3.63, 3.8) is 0 Å². The van der Waals surface area contributed by atoms with Gasteiger partial charge < -0.3 is 21.2 Å². The van der Waals surface area contributed by atoms with Crippen LogP contribution < -0.4 is 27.2 Å². The van der Waals surface area contributed by atoms with E-state index in [-0.39, 0.29) is 24.2 Å². The topological polar surface area (TPSA) is 142 Å². The van der Waals surface area contributed by atoms with E-state index in [0.717, 1.165) is 11.8 Å². The Morgan fingerprint density at radius 3 is 2.16 bits per heavy atom. The zero-order valence-electron chi connectivity index (χ0n) is 23.6. The molecule has 1 aromatic carbocycles. The highest BCUT2D eigenvalue weighted by atomic mass is 16.2. The van der Waals surface area contributed by atoms with Crippen molar-refractivity contribution >= 4 is 24.0 Å². The highest BCUT2D eigenvalue weighted by molar-refractivity contribution is 5.91. The molecule has 0 unspecified atom stereocenters. The number of allylic oxidation sites excluding steroid dienone is 1. The van der Waals surface area contributed by atoms with Gasteiger partial charge in [0.25, 0.3) is 0 Å². The molecule has 9 heteroatoms. The fourth-order valence-electron chi connectivity index (χ4n) is 4.11. The first kappa shape index (κ1) is 33.0. The van der Waals surface area contributed by atoms with E-state index in [1.807, 2.05) is 58.0 Å². The van der Waals surface area contributed by atoms with Crippen molar-refractivity contribution in [2.24, 2.45) is 17.6 Å². The summed E-state index contributed by atoms with van der Waals surface area (Å²) in [4.78, 5) is 50.3. The van der Waals surface area contributed by atoms with Crippen LogP contribution in [-0.2, 0) is 25.6 Å². The van der Waals surface area contributed by atoms with Crippen LogP contribution in [0, 0.1) is 11.8 Å². The van der Waals surface area contributed by atoms with E-state index in [2.05, 4.69) is 28.1 Å². The van der Waals surface area contributed by atoms with Crippen LogP contribution >= 0.6 is 0 Å². The molecule has 1 aromatic rings. The van der Waals surface area contributed by atoms with Crippen LogP contribution in [0.5, 0.6) is 0 Å². The van der Waals surface area contributed by atoms with E-state index in [4.69, 9.17) is 5.73 Å². The first-order chi connectivity index (χ1) is 17.9. The molecular weight excluding hydrogens is 482 g/mol. The Morgan fingerprint density at radius 1 is 1.00 bits per heavy atom. The summed E-state index contributed by atoms with van der Waals surface area (Å²) in [5.74, 6) is -0.956. The predicted molar refractivity (Wildman–Crippen MR) is 151 cm³/mol. The monoisotopic (exact) mass is 529 g/mol. The number of nitrogens with two attached hydrogens (primary N) is 1. The average Bonchev–Trinajstić information content (AvgIpc) is 2.85.